The Morgan fingerprint density at radius 3 is 2.63 bits per heavy atom. The predicted molar refractivity (Wildman–Crippen MR) is 82.2 cm³/mol. The van der Waals surface area contributed by atoms with Crippen molar-refractivity contribution in [3.05, 3.63) is 50.1 Å². The van der Waals surface area contributed by atoms with Crippen LogP contribution in [-0.4, -0.2) is 11.1 Å². The highest BCUT2D eigenvalue weighted by Gasteiger charge is 2.11. The summed E-state index contributed by atoms with van der Waals surface area (Å²) >= 11 is 5.04. The Kier molecular flexibility index (Phi) is 4.27. The van der Waals surface area contributed by atoms with Crippen LogP contribution < -0.4 is 5.32 Å². The third-order valence-corrected chi connectivity index (χ3v) is 4.61. The maximum absolute atomic E-state index is 10.9. The SMILES string of the molecule is Cc1ccc(C(C)Nc2ccc(C(=O)O)c(Br)c2)s1. The van der Waals surface area contributed by atoms with Crippen LogP contribution in [0.1, 0.15) is 33.1 Å². The van der Waals surface area contributed by atoms with Crippen LogP contribution in [0, 0.1) is 6.92 Å². The summed E-state index contributed by atoms with van der Waals surface area (Å²) in [4.78, 5) is 13.5. The fraction of sp³-hybridized carbons (Fsp3) is 0.214. The standard InChI is InChI=1S/C14H14BrNO2S/c1-8-3-6-13(19-8)9(2)16-10-4-5-11(14(17)18)12(15)7-10/h3-7,9,16H,1-2H3,(H,17,18). The van der Waals surface area contributed by atoms with Crippen molar-refractivity contribution in [2.75, 3.05) is 5.32 Å². The Bertz CT molecular complexity index is 609. The Morgan fingerprint density at radius 2 is 2.11 bits per heavy atom. The van der Waals surface area contributed by atoms with Crippen molar-refractivity contribution in [1.82, 2.24) is 0 Å². The number of aromatic carboxylic acids is 1. The topological polar surface area (TPSA) is 49.3 Å². The van der Waals surface area contributed by atoms with E-state index in [4.69, 9.17) is 5.11 Å². The molecule has 0 aliphatic heterocycles. The van der Waals surface area contributed by atoms with Gasteiger partial charge in [-0.1, -0.05) is 0 Å². The molecule has 1 unspecified atom stereocenters. The summed E-state index contributed by atoms with van der Waals surface area (Å²) in [5, 5.41) is 12.3. The fourth-order valence-electron chi connectivity index (χ4n) is 1.79. The molecular formula is C14H14BrNO2S. The zero-order valence-electron chi connectivity index (χ0n) is 10.6. The Hall–Kier alpha value is -1.33. The Labute approximate surface area is 124 Å². The van der Waals surface area contributed by atoms with Crippen molar-refractivity contribution in [2.45, 2.75) is 19.9 Å². The van der Waals surface area contributed by atoms with Crippen LogP contribution in [0.3, 0.4) is 0 Å². The molecule has 2 rings (SSSR count). The number of benzene rings is 1. The first-order valence-electron chi connectivity index (χ1n) is 5.83. The second-order valence-electron chi connectivity index (χ2n) is 4.31. The molecule has 0 spiro atoms. The van der Waals surface area contributed by atoms with Crippen LogP contribution in [-0.2, 0) is 0 Å². The third kappa shape index (κ3) is 3.36. The lowest BCUT2D eigenvalue weighted by Gasteiger charge is -2.14. The van der Waals surface area contributed by atoms with Crippen LogP contribution in [0.25, 0.3) is 0 Å². The van der Waals surface area contributed by atoms with Crippen molar-refractivity contribution in [3.63, 3.8) is 0 Å². The van der Waals surface area contributed by atoms with Gasteiger partial charge < -0.3 is 10.4 Å². The third-order valence-electron chi connectivity index (χ3n) is 2.77. The highest BCUT2D eigenvalue weighted by molar-refractivity contribution is 9.10. The number of hydrogen-bond donors (Lipinski definition) is 2. The Balaban J connectivity index is 2.15. The molecule has 3 nitrogen and oxygen atoms in total. The van der Waals surface area contributed by atoms with E-state index in [1.807, 2.05) is 0 Å². The average molecular weight is 340 g/mol. The fourth-order valence-corrected chi connectivity index (χ4v) is 3.21. The van der Waals surface area contributed by atoms with E-state index in [1.54, 1.807) is 29.5 Å². The molecule has 1 heterocycles. The van der Waals surface area contributed by atoms with Gasteiger partial charge in [-0.05, 0) is 60.1 Å². The molecule has 0 saturated carbocycles. The number of rotatable bonds is 4. The molecule has 5 heteroatoms. The average Bonchev–Trinajstić information content (AvgIpc) is 2.75. The van der Waals surface area contributed by atoms with E-state index in [-0.39, 0.29) is 11.6 Å². The summed E-state index contributed by atoms with van der Waals surface area (Å²) in [6, 6.07) is 9.58. The van der Waals surface area contributed by atoms with Crippen molar-refractivity contribution in [3.8, 4) is 0 Å². The second-order valence-corrected chi connectivity index (χ2v) is 6.49. The first kappa shape index (κ1) is 14.1. The zero-order chi connectivity index (χ0) is 14.0. The summed E-state index contributed by atoms with van der Waals surface area (Å²) in [6.07, 6.45) is 0. The number of anilines is 1. The molecule has 1 aromatic carbocycles. The summed E-state index contributed by atoms with van der Waals surface area (Å²) in [6.45, 7) is 4.17. The molecule has 0 aliphatic rings. The number of halogens is 1. The minimum Gasteiger partial charge on any atom is -0.478 e. The molecule has 0 fully saturated rings. The van der Waals surface area contributed by atoms with Crippen molar-refractivity contribution < 1.29 is 9.90 Å². The first-order valence-corrected chi connectivity index (χ1v) is 7.44. The summed E-state index contributed by atoms with van der Waals surface area (Å²) in [5.41, 5.74) is 1.17. The number of aryl methyl sites for hydroxylation is 1. The van der Waals surface area contributed by atoms with Gasteiger partial charge >= 0.3 is 5.97 Å². The van der Waals surface area contributed by atoms with E-state index in [0.717, 1.165) is 5.69 Å². The maximum atomic E-state index is 10.9. The van der Waals surface area contributed by atoms with Crippen molar-refractivity contribution in [2.24, 2.45) is 0 Å². The molecule has 1 atom stereocenters. The lowest BCUT2D eigenvalue weighted by Crippen LogP contribution is -2.05. The highest BCUT2D eigenvalue weighted by Crippen LogP contribution is 2.28. The lowest BCUT2D eigenvalue weighted by molar-refractivity contribution is 0.0696. The van der Waals surface area contributed by atoms with E-state index in [0.29, 0.717) is 4.47 Å². The lowest BCUT2D eigenvalue weighted by atomic mass is 10.2. The van der Waals surface area contributed by atoms with E-state index in [2.05, 4.69) is 47.2 Å². The smallest absolute Gasteiger partial charge is 0.336 e. The van der Waals surface area contributed by atoms with E-state index < -0.39 is 5.97 Å². The monoisotopic (exact) mass is 339 g/mol. The van der Waals surface area contributed by atoms with Gasteiger partial charge in [0.05, 0.1) is 11.6 Å². The van der Waals surface area contributed by atoms with Gasteiger partial charge in [-0.25, -0.2) is 4.79 Å². The number of hydrogen-bond acceptors (Lipinski definition) is 3. The molecule has 1 aromatic heterocycles. The Morgan fingerprint density at radius 1 is 1.37 bits per heavy atom. The van der Waals surface area contributed by atoms with Crippen molar-refractivity contribution >= 4 is 38.9 Å². The second kappa shape index (κ2) is 5.75. The largest absolute Gasteiger partial charge is 0.478 e. The highest BCUT2D eigenvalue weighted by atomic mass is 79.9. The van der Waals surface area contributed by atoms with Crippen LogP contribution in [0.2, 0.25) is 0 Å². The van der Waals surface area contributed by atoms with Gasteiger partial charge in [0, 0.05) is 19.9 Å². The van der Waals surface area contributed by atoms with Crippen LogP contribution in [0.5, 0.6) is 0 Å². The molecule has 0 saturated heterocycles. The molecular weight excluding hydrogens is 326 g/mol. The molecule has 19 heavy (non-hydrogen) atoms. The summed E-state index contributed by atoms with van der Waals surface area (Å²) in [5.74, 6) is -0.930. The molecule has 0 amide bonds. The number of carboxylic acids is 1. The van der Waals surface area contributed by atoms with Crippen LogP contribution >= 0.6 is 27.3 Å². The minimum atomic E-state index is -0.930. The van der Waals surface area contributed by atoms with Gasteiger partial charge in [-0.15, -0.1) is 11.3 Å². The normalized spacial score (nSPS) is 12.2. The van der Waals surface area contributed by atoms with Gasteiger partial charge in [-0.3, -0.25) is 0 Å². The predicted octanol–water partition coefficient (Wildman–Crippen LogP) is 4.69. The van der Waals surface area contributed by atoms with E-state index >= 15 is 0 Å². The van der Waals surface area contributed by atoms with Gasteiger partial charge in [0.15, 0.2) is 0 Å². The van der Waals surface area contributed by atoms with Gasteiger partial charge in [0.1, 0.15) is 0 Å². The molecule has 0 aliphatic carbocycles. The van der Waals surface area contributed by atoms with Gasteiger partial charge in [0.25, 0.3) is 0 Å². The number of carbonyl (C=O) groups is 1. The van der Waals surface area contributed by atoms with Crippen LogP contribution in [0.15, 0.2) is 34.8 Å². The first-order chi connectivity index (χ1) is 8.97. The summed E-state index contributed by atoms with van der Waals surface area (Å²) < 4.78 is 0.583. The van der Waals surface area contributed by atoms with Gasteiger partial charge in [-0.2, -0.15) is 0 Å². The van der Waals surface area contributed by atoms with Gasteiger partial charge in [0.2, 0.25) is 0 Å². The zero-order valence-corrected chi connectivity index (χ0v) is 13.0. The molecule has 2 aromatic rings. The molecule has 100 valence electrons. The molecule has 0 radical (unpaired) electrons. The van der Waals surface area contributed by atoms with E-state index in [9.17, 15) is 4.79 Å². The maximum Gasteiger partial charge on any atom is 0.336 e. The number of thiophene rings is 1. The minimum absolute atomic E-state index is 0.196. The van der Waals surface area contributed by atoms with E-state index in [1.165, 1.54) is 9.75 Å². The van der Waals surface area contributed by atoms with Crippen LogP contribution in [0.4, 0.5) is 5.69 Å². The number of carboxylic acid groups (broad SMARTS) is 1. The molecule has 2 N–H and O–H groups in total. The summed E-state index contributed by atoms with van der Waals surface area (Å²) in [7, 11) is 0. The molecule has 0 bridgehead atoms. The van der Waals surface area contributed by atoms with Crippen molar-refractivity contribution in [1.29, 1.82) is 0 Å². The quantitative estimate of drug-likeness (QED) is 0.849. The number of nitrogens with one attached hydrogen (secondary N) is 1.